The Morgan fingerprint density at radius 2 is 1.95 bits per heavy atom. The molecule has 0 aliphatic heterocycles. The maximum Gasteiger partial charge on any atom is 0.341 e. The van der Waals surface area contributed by atoms with E-state index >= 15 is 0 Å². The zero-order valence-electron chi connectivity index (χ0n) is 12.3. The fourth-order valence-corrected chi connectivity index (χ4v) is 3.16. The Morgan fingerprint density at radius 1 is 1.29 bits per heavy atom. The first kappa shape index (κ1) is 15.9. The van der Waals surface area contributed by atoms with Crippen LogP contribution in [0.2, 0.25) is 5.02 Å². The average Bonchev–Trinajstić information content (AvgIpc) is 2.74. The third-order valence-corrected chi connectivity index (χ3v) is 4.65. The van der Waals surface area contributed by atoms with Gasteiger partial charge in [0.15, 0.2) is 0 Å². The van der Waals surface area contributed by atoms with Gasteiger partial charge in [-0.2, -0.15) is 0 Å². The summed E-state index contributed by atoms with van der Waals surface area (Å²) < 4.78 is 5.14. The zero-order chi connectivity index (χ0) is 15.4. The van der Waals surface area contributed by atoms with Crippen LogP contribution in [-0.2, 0) is 11.3 Å². The van der Waals surface area contributed by atoms with Gasteiger partial charge in [0.25, 0.3) is 0 Å². The van der Waals surface area contributed by atoms with E-state index in [1.165, 1.54) is 0 Å². The number of hydrogen-bond acceptors (Lipinski definition) is 4. The summed E-state index contributed by atoms with van der Waals surface area (Å²) in [6.07, 6.45) is 0. The van der Waals surface area contributed by atoms with Crippen molar-refractivity contribution >= 4 is 33.9 Å². The van der Waals surface area contributed by atoms with Crippen molar-refractivity contribution in [3.8, 4) is 0 Å². The second-order valence-electron chi connectivity index (χ2n) is 4.69. The highest BCUT2D eigenvalue weighted by molar-refractivity contribution is 7.16. The predicted molar refractivity (Wildman–Crippen MR) is 88.5 cm³/mol. The quantitative estimate of drug-likeness (QED) is 0.803. The molecule has 1 aromatic carbocycles. The average molecular weight is 324 g/mol. The lowest BCUT2D eigenvalue weighted by Crippen LogP contribution is -2.09. The second kappa shape index (κ2) is 6.96. The number of hydrogen-bond donors (Lipinski definition) is 1. The van der Waals surface area contributed by atoms with Gasteiger partial charge in [0.2, 0.25) is 0 Å². The van der Waals surface area contributed by atoms with Gasteiger partial charge in [-0.15, -0.1) is 11.3 Å². The number of halogens is 1. The van der Waals surface area contributed by atoms with E-state index in [1.54, 1.807) is 11.3 Å². The Kier molecular flexibility index (Phi) is 5.26. The third kappa shape index (κ3) is 3.77. The summed E-state index contributed by atoms with van der Waals surface area (Å²) >= 11 is 7.45. The van der Waals surface area contributed by atoms with E-state index in [1.807, 2.05) is 45.0 Å². The minimum Gasteiger partial charge on any atom is -0.462 e. The minimum absolute atomic E-state index is 0.266. The number of aryl methyl sites for hydroxylation is 1. The summed E-state index contributed by atoms with van der Waals surface area (Å²) in [7, 11) is 0. The van der Waals surface area contributed by atoms with Crippen molar-refractivity contribution in [2.75, 3.05) is 11.9 Å². The largest absolute Gasteiger partial charge is 0.462 e. The summed E-state index contributed by atoms with van der Waals surface area (Å²) in [5.41, 5.74) is 2.74. The van der Waals surface area contributed by atoms with Crippen LogP contribution in [0.5, 0.6) is 0 Å². The molecule has 0 radical (unpaired) electrons. The van der Waals surface area contributed by atoms with Crippen LogP contribution < -0.4 is 5.32 Å². The molecule has 1 heterocycles. The fraction of sp³-hybridized carbons (Fsp3) is 0.312. The Hall–Kier alpha value is -1.52. The molecule has 2 aromatic rings. The second-order valence-corrected chi connectivity index (χ2v) is 6.35. The molecular weight excluding hydrogens is 306 g/mol. The van der Waals surface area contributed by atoms with Crippen LogP contribution in [0, 0.1) is 13.8 Å². The summed E-state index contributed by atoms with van der Waals surface area (Å²) in [5.74, 6) is -0.266. The number of thiophene rings is 1. The Labute approximate surface area is 133 Å². The van der Waals surface area contributed by atoms with E-state index in [0.29, 0.717) is 23.7 Å². The molecule has 1 N–H and O–H groups in total. The number of carbonyl (C=O) groups is 1. The van der Waals surface area contributed by atoms with Crippen molar-refractivity contribution in [2.45, 2.75) is 27.3 Å². The van der Waals surface area contributed by atoms with E-state index in [4.69, 9.17) is 16.3 Å². The monoisotopic (exact) mass is 323 g/mol. The number of esters is 1. The van der Waals surface area contributed by atoms with E-state index in [9.17, 15) is 4.79 Å². The molecule has 0 aliphatic carbocycles. The topological polar surface area (TPSA) is 38.3 Å². The van der Waals surface area contributed by atoms with Crippen LogP contribution in [-0.4, -0.2) is 12.6 Å². The molecule has 0 amide bonds. The molecule has 0 fully saturated rings. The van der Waals surface area contributed by atoms with Crippen LogP contribution in [0.3, 0.4) is 0 Å². The number of anilines is 1. The lowest BCUT2D eigenvalue weighted by atomic mass is 10.1. The molecule has 0 atom stereocenters. The van der Waals surface area contributed by atoms with Crippen LogP contribution in [0.15, 0.2) is 24.3 Å². The smallest absolute Gasteiger partial charge is 0.341 e. The Bertz CT molecular complexity index is 634. The molecule has 1 aromatic heterocycles. The van der Waals surface area contributed by atoms with Gasteiger partial charge in [-0.05, 0) is 44.0 Å². The first-order chi connectivity index (χ1) is 10.0. The van der Waals surface area contributed by atoms with Gasteiger partial charge in [-0.1, -0.05) is 23.7 Å². The normalized spacial score (nSPS) is 10.5. The van der Waals surface area contributed by atoms with Gasteiger partial charge in [-0.25, -0.2) is 4.79 Å². The predicted octanol–water partition coefficient (Wildman–Crippen LogP) is 4.81. The molecule has 5 heteroatoms. The minimum atomic E-state index is -0.266. The van der Waals surface area contributed by atoms with Gasteiger partial charge in [0, 0.05) is 16.4 Å². The van der Waals surface area contributed by atoms with Crippen molar-refractivity contribution in [3.05, 3.63) is 50.9 Å². The lowest BCUT2D eigenvalue weighted by molar-refractivity contribution is 0.0527. The number of carbonyl (C=O) groups excluding carboxylic acids is 1. The van der Waals surface area contributed by atoms with E-state index in [0.717, 1.165) is 21.0 Å². The highest BCUT2D eigenvalue weighted by Crippen LogP contribution is 2.33. The van der Waals surface area contributed by atoms with Crippen molar-refractivity contribution in [1.82, 2.24) is 0 Å². The Morgan fingerprint density at radius 3 is 2.57 bits per heavy atom. The van der Waals surface area contributed by atoms with Crippen LogP contribution >= 0.6 is 22.9 Å². The van der Waals surface area contributed by atoms with E-state index in [-0.39, 0.29) is 5.97 Å². The summed E-state index contributed by atoms with van der Waals surface area (Å²) in [6.45, 7) is 6.79. The van der Waals surface area contributed by atoms with Crippen LogP contribution in [0.4, 0.5) is 5.00 Å². The maximum atomic E-state index is 12.1. The summed E-state index contributed by atoms with van der Waals surface area (Å²) in [4.78, 5) is 13.2. The van der Waals surface area contributed by atoms with Gasteiger partial charge < -0.3 is 10.1 Å². The molecule has 3 nitrogen and oxygen atoms in total. The van der Waals surface area contributed by atoms with Gasteiger partial charge in [0.1, 0.15) is 5.00 Å². The highest BCUT2D eigenvalue weighted by Gasteiger charge is 2.20. The SMILES string of the molecule is CCOC(=O)c1c(NCc2ccc(Cl)cc2)sc(C)c1C. The van der Waals surface area contributed by atoms with Crippen LogP contribution in [0.25, 0.3) is 0 Å². The third-order valence-electron chi connectivity index (χ3n) is 3.23. The molecule has 2 rings (SSSR count). The van der Waals surface area contributed by atoms with Crippen molar-refractivity contribution in [2.24, 2.45) is 0 Å². The molecule has 0 spiro atoms. The number of benzene rings is 1. The molecule has 0 unspecified atom stereocenters. The lowest BCUT2D eigenvalue weighted by Gasteiger charge is -2.08. The van der Waals surface area contributed by atoms with Gasteiger partial charge in [-0.3, -0.25) is 0 Å². The molecular formula is C16H18ClNO2S. The van der Waals surface area contributed by atoms with Crippen molar-refractivity contribution in [1.29, 1.82) is 0 Å². The van der Waals surface area contributed by atoms with Crippen molar-refractivity contribution < 1.29 is 9.53 Å². The maximum absolute atomic E-state index is 12.1. The summed E-state index contributed by atoms with van der Waals surface area (Å²) in [5, 5.41) is 4.90. The fourth-order valence-electron chi connectivity index (χ4n) is 1.99. The highest BCUT2D eigenvalue weighted by atomic mass is 35.5. The molecule has 0 saturated heterocycles. The van der Waals surface area contributed by atoms with E-state index < -0.39 is 0 Å². The zero-order valence-corrected chi connectivity index (χ0v) is 13.9. The standard InChI is InChI=1S/C16H18ClNO2S/c1-4-20-16(19)14-10(2)11(3)21-15(14)18-9-12-5-7-13(17)8-6-12/h5-8,18H,4,9H2,1-3H3. The summed E-state index contributed by atoms with van der Waals surface area (Å²) in [6, 6.07) is 7.64. The van der Waals surface area contributed by atoms with Crippen molar-refractivity contribution in [3.63, 3.8) is 0 Å². The Balaban J connectivity index is 2.17. The van der Waals surface area contributed by atoms with Gasteiger partial charge in [0.05, 0.1) is 12.2 Å². The molecule has 112 valence electrons. The van der Waals surface area contributed by atoms with E-state index in [2.05, 4.69) is 5.32 Å². The molecule has 0 saturated carbocycles. The first-order valence-electron chi connectivity index (χ1n) is 6.78. The van der Waals surface area contributed by atoms with Gasteiger partial charge >= 0.3 is 5.97 Å². The molecule has 21 heavy (non-hydrogen) atoms. The number of rotatable bonds is 5. The molecule has 0 bridgehead atoms. The number of nitrogens with one attached hydrogen (secondary N) is 1. The number of ether oxygens (including phenoxy) is 1. The van der Waals surface area contributed by atoms with Crippen LogP contribution in [0.1, 0.15) is 33.3 Å². The first-order valence-corrected chi connectivity index (χ1v) is 7.97. The molecule has 0 aliphatic rings.